The molecule has 124 heavy (non-hydrogen) atoms. The molecule has 0 saturated heterocycles. The van der Waals surface area contributed by atoms with Crippen LogP contribution in [0.2, 0.25) is 0 Å². The van der Waals surface area contributed by atoms with Gasteiger partial charge in [-0.2, -0.15) is 0 Å². The summed E-state index contributed by atoms with van der Waals surface area (Å²) >= 11 is 0. The first-order valence-corrected chi connectivity index (χ1v) is 41.8. The number of fused-ring (bicyclic) bond motifs is 1. The smallest absolute Gasteiger partial charge is 0.325 e. The number of nitrogens with one attached hydrogen (secondary N) is 19. The number of para-hydroxylation sites is 1. The fourth-order valence-corrected chi connectivity index (χ4v) is 12.1. The number of carboxylic acid groups (broad SMARTS) is 2. The number of benzene rings is 1. The molecule has 694 valence electrons. The third-order valence-corrected chi connectivity index (χ3v) is 20.4. The van der Waals surface area contributed by atoms with Gasteiger partial charge in [-0.05, 0) is 115 Å². The zero-order chi connectivity index (χ0) is 94.4. The van der Waals surface area contributed by atoms with Gasteiger partial charge < -0.3 is 122 Å². The van der Waals surface area contributed by atoms with Gasteiger partial charge in [0.2, 0.25) is 106 Å². The highest BCUT2D eigenvalue weighted by Gasteiger charge is 2.39. The molecule has 19 unspecified atom stereocenters. The van der Waals surface area contributed by atoms with Crippen molar-refractivity contribution >= 4 is 129 Å². The monoisotopic (exact) mass is 1750 g/mol. The summed E-state index contributed by atoms with van der Waals surface area (Å²) in [4.78, 5) is 271. The Balaban J connectivity index is 2.20. The molecule has 43 nitrogen and oxygen atoms in total. The number of carbonyl (C=O) groups is 20. The predicted octanol–water partition coefficient (Wildman–Crippen LogP) is -4.23. The van der Waals surface area contributed by atoms with Gasteiger partial charge in [0.25, 0.3) is 0 Å². The standard InChI is InChI=1S/C81H132N20O23/c1-20-40(12)63(79(121)89-45(17)67(109)86-44(16)68(110)90-47(19)81(123)124)101-78(120)62(39(10)11)99-72(114)50(22-3)91-58(103)34-84-66(108)43(15)87-76(118)57(36-102)92-59(104)35-85-70(112)56(32-48-33-83-53-28-26-25-27-49(48)53)97-77(119)61(38(8)9)98-69(111)46(18)88-71(113)51(23-4)93-74(116)54(29-30-60(105)106)95-80(122)64(41(13)21-2)100-73(115)52(24-5)94-75(117)55(31-37(6)7)96-65(107)42(14)82/h25-28,33,37-47,50-52,54-57,61-64,83,102H,20-24,29-32,34-36,82H2,1-19H3,(H,84,108)(H,85,112)(H,86,109)(H,87,118)(H,88,113)(H,89,121)(H,90,110)(H,91,103)(H,92,104)(H,93,116)(H,94,117)(H,95,122)(H,96,107)(H,97,119)(H,98,111)(H,99,114)(H,100,115)(H,101,120)(H,105,106)(H,123,124). The summed E-state index contributed by atoms with van der Waals surface area (Å²) in [6.45, 7) is 26.6. The molecule has 0 fully saturated rings. The Kier molecular flexibility index (Phi) is 46.4. The molecular formula is C81H132N20O23. The number of aliphatic carboxylic acids is 2. The Labute approximate surface area is 721 Å². The number of aliphatic hydroxyl groups excluding tert-OH is 1. The van der Waals surface area contributed by atoms with Crippen LogP contribution in [-0.4, -0.2) is 261 Å². The highest BCUT2D eigenvalue weighted by molar-refractivity contribution is 6.02. The van der Waals surface area contributed by atoms with E-state index < -0.39 is 277 Å². The van der Waals surface area contributed by atoms with E-state index in [4.69, 9.17) is 10.8 Å². The van der Waals surface area contributed by atoms with Crippen molar-refractivity contribution in [3.8, 4) is 0 Å². The molecule has 0 bridgehead atoms. The molecule has 0 spiro atoms. The molecule has 2 aromatic rings. The molecule has 1 aromatic carbocycles. The number of hydrogen-bond acceptors (Lipinski definition) is 22. The molecule has 2 rings (SSSR count). The van der Waals surface area contributed by atoms with E-state index in [0.29, 0.717) is 29.3 Å². The van der Waals surface area contributed by atoms with Gasteiger partial charge in [0.05, 0.1) is 25.7 Å². The Morgan fingerprint density at radius 2 is 0.702 bits per heavy atom. The average Bonchev–Trinajstić information content (AvgIpc) is 1.41. The Morgan fingerprint density at radius 3 is 1.16 bits per heavy atom. The van der Waals surface area contributed by atoms with Crippen LogP contribution in [-0.2, 0) is 102 Å². The number of hydrogen-bond donors (Lipinski definition) is 23. The zero-order valence-corrected chi connectivity index (χ0v) is 74.2. The van der Waals surface area contributed by atoms with Gasteiger partial charge in [-0.25, -0.2) is 0 Å². The highest BCUT2D eigenvalue weighted by atomic mass is 16.4. The van der Waals surface area contributed by atoms with E-state index in [1.165, 1.54) is 48.5 Å². The molecule has 24 N–H and O–H groups in total. The number of aliphatic hydroxyl groups is 1. The number of aromatic nitrogens is 1. The van der Waals surface area contributed by atoms with Crippen molar-refractivity contribution in [2.45, 2.75) is 292 Å². The Bertz CT molecular complexity index is 4060. The molecule has 18 amide bonds. The molecule has 0 aliphatic heterocycles. The Morgan fingerprint density at radius 1 is 0.355 bits per heavy atom. The second kappa shape index (κ2) is 53.2. The minimum Gasteiger partial charge on any atom is -0.481 e. The minimum absolute atomic E-state index is 0.0234. The summed E-state index contributed by atoms with van der Waals surface area (Å²) < 4.78 is 0. The maximum absolute atomic E-state index is 14.4. The van der Waals surface area contributed by atoms with Crippen LogP contribution in [0.5, 0.6) is 0 Å². The van der Waals surface area contributed by atoms with Gasteiger partial charge in [-0.15, -0.1) is 0 Å². The summed E-state index contributed by atoms with van der Waals surface area (Å²) in [5.74, 6) is -20.8. The van der Waals surface area contributed by atoms with Crippen molar-refractivity contribution in [1.82, 2.24) is 101 Å². The minimum atomic E-state index is -1.74. The van der Waals surface area contributed by atoms with Crippen LogP contribution in [0, 0.1) is 29.6 Å². The topological polar surface area (TPSA) is 660 Å². The lowest BCUT2D eigenvalue weighted by atomic mass is 9.96. The molecule has 0 aliphatic rings. The first-order chi connectivity index (χ1) is 58.0. The van der Waals surface area contributed by atoms with Gasteiger partial charge in [0.1, 0.15) is 96.7 Å². The van der Waals surface area contributed by atoms with Crippen LogP contribution in [0.3, 0.4) is 0 Å². The van der Waals surface area contributed by atoms with Gasteiger partial charge in [-0.3, -0.25) is 95.9 Å². The normalized spacial score (nSPS) is 15.8. The van der Waals surface area contributed by atoms with Crippen LogP contribution in [0.4, 0.5) is 0 Å². The second-order valence-electron chi connectivity index (χ2n) is 32.0. The maximum Gasteiger partial charge on any atom is 0.325 e. The van der Waals surface area contributed by atoms with E-state index in [9.17, 15) is 106 Å². The van der Waals surface area contributed by atoms with Gasteiger partial charge >= 0.3 is 11.9 Å². The highest BCUT2D eigenvalue weighted by Crippen LogP contribution is 2.21. The fraction of sp³-hybridized carbons (Fsp3) is 0.654. The SMILES string of the molecule is CCC(NC(=O)CNC(=O)C(C)NC(=O)C(CO)NC(=O)CNC(=O)C(Cc1c[nH]c2ccccc12)NC(=O)C(NC(=O)C(C)NC(=O)C(CC)NC(=O)C(CCC(=O)O)NC(=O)C(NC(=O)C(CC)NC(=O)C(CC(C)C)NC(=O)C(C)N)C(C)CC)C(C)C)C(=O)NC(C(=O)NC(C(=O)NC(C)C(=O)NC(C)C(=O)NC(C)C(=O)O)C(C)CC)C(C)C. The molecule has 1 aromatic heterocycles. The van der Waals surface area contributed by atoms with E-state index in [1.54, 1.807) is 99.7 Å². The van der Waals surface area contributed by atoms with E-state index in [-0.39, 0.29) is 38.0 Å². The lowest BCUT2D eigenvalue weighted by Gasteiger charge is -2.29. The van der Waals surface area contributed by atoms with Gasteiger partial charge in [-0.1, -0.05) is 121 Å². The van der Waals surface area contributed by atoms with Crippen molar-refractivity contribution in [3.63, 3.8) is 0 Å². The first kappa shape index (κ1) is 108. The summed E-state index contributed by atoms with van der Waals surface area (Å²) in [6, 6.07) is -15.6. The number of carbonyl (C=O) groups excluding carboxylic acids is 18. The number of nitrogens with two attached hydrogens (primary N) is 1. The van der Waals surface area contributed by atoms with Crippen molar-refractivity contribution in [2.24, 2.45) is 35.3 Å². The van der Waals surface area contributed by atoms with E-state index in [1.807, 2.05) is 13.8 Å². The van der Waals surface area contributed by atoms with E-state index >= 15 is 0 Å². The van der Waals surface area contributed by atoms with E-state index in [2.05, 4.69) is 101 Å². The van der Waals surface area contributed by atoms with Crippen LogP contribution in [0.25, 0.3) is 10.9 Å². The first-order valence-electron chi connectivity index (χ1n) is 41.8. The van der Waals surface area contributed by atoms with Crippen molar-refractivity contribution < 1.29 is 111 Å². The zero-order valence-electron chi connectivity index (χ0n) is 74.2. The van der Waals surface area contributed by atoms with Crippen molar-refractivity contribution in [1.29, 1.82) is 0 Å². The fourth-order valence-electron chi connectivity index (χ4n) is 12.1. The quantitative estimate of drug-likeness (QED) is 0.0298. The van der Waals surface area contributed by atoms with Crippen LogP contribution in [0.1, 0.15) is 188 Å². The Hall–Kier alpha value is -11.9. The van der Waals surface area contributed by atoms with Crippen LogP contribution >= 0.6 is 0 Å². The molecule has 19 atom stereocenters. The third kappa shape index (κ3) is 35.9. The molecule has 0 radical (unpaired) electrons. The summed E-state index contributed by atoms with van der Waals surface area (Å²) in [5, 5.41) is 74.3. The maximum atomic E-state index is 14.4. The summed E-state index contributed by atoms with van der Waals surface area (Å²) in [6.07, 6.45) is 1.03. The number of aromatic amines is 1. The average molecular weight is 1750 g/mol. The van der Waals surface area contributed by atoms with E-state index in [0.717, 1.165) is 0 Å². The number of H-pyrrole nitrogens is 1. The number of carboxylic acids is 2. The molecular weight excluding hydrogens is 1620 g/mol. The lowest BCUT2D eigenvalue weighted by Crippen LogP contribution is -2.61. The summed E-state index contributed by atoms with van der Waals surface area (Å²) in [5.41, 5.74) is 6.90. The third-order valence-electron chi connectivity index (χ3n) is 20.4. The van der Waals surface area contributed by atoms with Crippen molar-refractivity contribution in [2.75, 3.05) is 19.7 Å². The van der Waals surface area contributed by atoms with Gasteiger partial charge in [0, 0.05) is 29.9 Å². The predicted molar refractivity (Wildman–Crippen MR) is 451 cm³/mol. The molecule has 43 heteroatoms. The van der Waals surface area contributed by atoms with Gasteiger partial charge in [0.15, 0.2) is 0 Å². The van der Waals surface area contributed by atoms with Crippen LogP contribution < -0.4 is 101 Å². The van der Waals surface area contributed by atoms with Crippen molar-refractivity contribution in [3.05, 3.63) is 36.0 Å². The summed E-state index contributed by atoms with van der Waals surface area (Å²) in [7, 11) is 0. The molecule has 0 aliphatic carbocycles. The lowest BCUT2D eigenvalue weighted by molar-refractivity contribution is -0.141. The number of amides is 18. The molecule has 1 heterocycles. The second-order valence-corrected chi connectivity index (χ2v) is 32.0. The largest absolute Gasteiger partial charge is 0.481 e. The van der Waals surface area contributed by atoms with Crippen LogP contribution in [0.15, 0.2) is 30.5 Å². The molecule has 0 saturated carbocycles. The number of rotatable bonds is 54.